The molecule has 128 valence electrons. The molecule has 1 amide bonds. The maximum atomic E-state index is 12.1. The molecule has 1 aromatic heterocycles. The highest BCUT2D eigenvalue weighted by Gasteiger charge is 2.32. The fourth-order valence-corrected chi connectivity index (χ4v) is 3.13. The molecule has 1 saturated carbocycles. The van der Waals surface area contributed by atoms with Crippen LogP contribution in [0.25, 0.3) is 0 Å². The Hall–Kier alpha value is -1.63. The molecule has 0 aromatic carbocycles. The zero-order chi connectivity index (χ0) is 16.4. The second-order valence-corrected chi connectivity index (χ2v) is 7.50. The molecule has 2 heterocycles. The zero-order valence-electron chi connectivity index (χ0n) is 14.3. The number of nitrogens with zero attached hydrogens (tertiary/aromatic N) is 3. The van der Waals surface area contributed by atoms with E-state index in [-0.39, 0.29) is 17.3 Å². The molecule has 2 aliphatic rings. The van der Waals surface area contributed by atoms with E-state index in [1.165, 1.54) is 0 Å². The SMILES string of the molecule is CC(C)(C)OC1CC(CCNC(=O)c2nc3n(n2)CCCN3)C1. The van der Waals surface area contributed by atoms with Crippen molar-refractivity contribution in [2.75, 3.05) is 18.4 Å². The Kier molecular flexibility index (Phi) is 4.57. The number of rotatable bonds is 5. The molecule has 0 unspecified atom stereocenters. The Morgan fingerprint density at radius 3 is 2.91 bits per heavy atom. The van der Waals surface area contributed by atoms with Crippen molar-refractivity contribution in [3.05, 3.63) is 5.82 Å². The average Bonchev–Trinajstić information content (AvgIpc) is 2.87. The largest absolute Gasteiger partial charge is 0.373 e. The quantitative estimate of drug-likeness (QED) is 0.864. The highest BCUT2D eigenvalue weighted by molar-refractivity contribution is 5.90. The molecule has 3 rings (SSSR count). The Bertz CT molecular complexity index is 534. The van der Waals surface area contributed by atoms with Crippen LogP contribution in [-0.4, -0.2) is 45.5 Å². The molecule has 0 radical (unpaired) electrons. The number of aryl methyl sites for hydroxylation is 1. The molecule has 1 aromatic rings. The predicted octanol–water partition coefficient (Wildman–Crippen LogP) is 1.81. The predicted molar refractivity (Wildman–Crippen MR) is 87.4 cm³/mol. The summed E-state index contributed by atoms with van der Waals surface area (Å²) >= 11 is 0. The summed E-state index contributed by atoms with van der Waals surface area (Å²) in [5, 5.41) is 10.3. The molecular weight excluding hydrogens is 294 g/mol. The van der Waals surface area contributed by atoms with Gasteiger partial charge >= 0.3 is 0 Å². The van der Waals surface area contributed by atoms with E-state index in [2.05, 4.69) is 41.5 Å². The maximum Gasteiger partial charge on any atom is 0.291 e. The van der Waals surface area contributed by atoms with E-state index in [9.17, 15) is 4.79 Å². The molecule has 0 atom stereocenters. The van der Waals surface area contributed by atoms with Crippen LogP contribution in [-0.2, 0) is 11.3 Å². The molecule has 1 aliphatic heterocycles. The van der Waals surface area contributed by atoms with Gasteiger partial charge in [0.1, 0.15) is 0 Å². The van der Waals surface area contributed by atoms with E-state index in [1.54, 1.807) is 4.68 Å². The highest BCUT2D eigenvalue weighted by Crippen LogP contribution is 2.34. The Balaban J connectivity index is 1.37. The summed E-state index contributed by atoms with van der Waals surface area (Å²) in [6.07, 6.45) is 4.56. The van der Waals surface area contributed by atoms with Gasteiger partial charge in [-0.15, -0.1) is 5.10 Å². The highest BCUT2D eigenvalue weighted by atomic mass is 16.5. The van der Waals surface area contributed by atoms with Crippen LogP contribution in [0.4, 0.5) is 5.95 Å². The summed E-state index contributed by atoms with van der Waals surface area (Å²) in [5.41, 5.74) is -0.0657. The third-order valence-electron chi connectivity index (χ3n) is 4.26. The smallest absolute Gasteiger partial charge is 0.291 e. The number of fused-ring (bicyclic) bond motifs is 1. The van der Waals surface area contributed by atoms with Crippen molar-refractivity contribution in [3.8, 4) is 0 Å². The summed E-state index contributed by atoms with van der Waals surface area (Å²) in [6.45, 7) is 8.65. The Morgan fingerprint density at radius 1 is 1.43 bits per heavy atom. The number of nitrogens with one attached hydrogen (secondary N) is 2. The van der Waals surface area contributed by atoms with Crippen LogP contribution in [0, 0.1) is 5.92 Å². The average molecular weight is 321 g/mol. The normalized spacial score (nSPS) is 23.6. The minimum atomic E-state index is -0.185. The summed E-state index contributed by atoms with van der Waals surface area (Å²) in [4.78, 5) is 16.3. The van der Waals surface area contributed by atoms with E-state index in [0.717, 1.165) is 38.8 Å². The van der Waals surface area contributed by atoms with Gasteiger partial charge in [0, 0.05) is 19.6 Å². The van der Waals surface area contributed by atoms with E-state index >= 15 is 0 Å². The first-order valence-corrected chi connectivity index (χ1v) is 8.55. The number of amides is 1. The standard InChI is InChI=1S/C16H27N5O2/c1-16(2,3)23-12-9-11(10-12)5-7-17-14(22)13-19-15-18-6-4-8-21(15)20-13/h11-12H,4-10H2,1-3H3,(H,17,22)(H,18,19,20). The topological polar surface area (TPSA) is 81.1 Å². The van der Waals surface area contributed by atoms with E-state index < -0.39 is 0 Å². The number of hydrogen-bond acceptors (Lipinski definition) is 5. The molecule has 0 bridgehead atoms. The van der Waals surface area contributed by atoms with Gasteiger partial charge in [-0.1, -0.05) is 0 Å². The first kappa shape index (κ1) is 16.2. The molecule has 7 heteroatoms. The molecule has 1 aliphatic carbocycles. The monoisotopic (exact) mass is 321 g/mol. The van der Waals surface area contributed by atoms with Gasteiger partial charge in [0.05, 0.1) is 11.7 Å². The first-order chi connectivity index (χ1) is 10.9. The lowest BCUT2D eigenvalue weighted by Gasteiger charge is -2.39. The summed E-state index contributed by atoms with van der Waals surface area (Å²) in [5.74, 6) is 1.42. The van der Waals surface area contributed by atoms with Crippen molar-refractivity contribution >= 4 is 11.9 Å². The van der Waals surface area contributed by atoms with Gasteiger partial charge in [0.25, 0.3) is 5.91 Å². The minimum Gasteiger partial charge on any atom is -0.373 e. The van der Waals surface area contributed by atoms with Crippen molar-refractivity contribution in [3.63, 3.8) is 0 Å². The van der Waals surface area contributed by atoms with Crippen LogP contribution in [0.2, 0.25) is 0 Å². The number of carbonyl (C=O) groups is 1. The molecular formula is C16H27N5O2. The third kappa shape index (κ3) is 4.22. The van der Waals surface area contributed by atoms with Gasteiger partial charge in [0.15, 0.2) is 0 Å². The lowest BCUT2D eigenvalue weighted by Crippen LogP contribution is -2.39. The maximum absolute atomic E-state index is 12.1. The van der Waals surface area contributed by atoms with Crippen molar-refractivity contribution in [2.24, 2.45) is 5.92 Å². The second kappa shape index (κ2) is 6.47. The Labute approximate surface area is 137 Å². The Morgan fingerprint density at radius 2 is 2.22 bits per heavy atom. The van der Waals surface area contributed by atoms with Crippen LogP contribution >= 0.6 is 0 Å². The second-order valence-electron chi connectivity index (χ2n) is 7.50. The van der Waals surface area contributed by atoms with Crippen LogP contribution in [0.5, 0.6) is 0 Å². The summed E-state index contributed by atoms with van der Waals surface area (Å²) < 4.78 is 7.69. The van der Waals surface area contributed by atoms with Gasteiger partial charge in [-0.25, -0.2) is 4.68 Å². The number of hydrogen-bond donors (Lipinski definition) is 2. The van der Waals surface area contributed by atoms with Crippen LogP contribution in [0.1, 0.15) is 57.1 Å². The minimum absolute atomic E-state index is 0.0657. The lowest BCUT2D eigenvalue weighted by atomic mass is 9.79. The number of aromatic nitrogens is 3. The number of carbonyl (C=O) groups excluding carboxylic acids is 1. The van der Waals surface area contributed by atoms with Crippen LogP contribution in [0.15, 0.2) is 0 Å². The van der Waals surface area contributed by atoms with Crippen molar-refractivity contribution < 1.29 is 9.53 Å². The van der Waals surface area contributed by atoms with Gasteiger partial charge in [0.2, 0.25) is 11.8 Å². The van der Waals surface area contributed by atoms with Gasteiger partial charge in [-0.3, -0.25) is 4.79 Å². The lowest BCUT2D eigenvalue weighted by molar-refractivity contribution is -0.112. The van der Waals surface area contributed by atoms with E-state index in [4.69, 9.17) is 4.74 Å². The summed E-state index contributed by atoms with van der Waals surface area (Å²) in [6, 6.07) is 0. The molecule has 7 nitrogen and oxygen atoms in total. The molecule has 1 fully saturated rings. The van der Waals surface area contributed by atoms with Crippen LogP contribution in [0.3, 0.4) is 0 Å². The molecule has 0 spiro atoms. The van der Waals surface area contributed by atoms with Crippen molar-refractivity contribution in [2.45, 2.75) is 64.7 Å². The van der Waals surface area contributed by atoms with Gasteiger partial charge in [-0.05, 0) is 52.4 Å². The molecule has 23 heavy (non-hydrogen) atoms. The van der Waals surface area contributed by atoms with Crippen LogP contribution < -0.4 is 10.6 Å². The van der Waals surface area contributed by atoms with Crippen molar-refractivity contribution in [1.29, 1.82) is 0 Å². The fraction of sp³-hybridized carbons (Fsp3) is 0.812. The molecule has 0 saturated heterocycles. The third-order valence-corrected chi connectivity index (χ3v) is 4.26. The summed E-state index contributed by atoms with van der Waals surface area (Å²) in [7, 11) is 0. The van der Waals surface area contributed by atoms with Crippen molar-refractivity contribution in [1.82, 2.24) is 20.1 Å². The number of anilines is 1. The van der Waals surface area contributed by atoms with E-state index in [1.807, 2.05) is 0 Å². The zero-order valence-corrected chi connectivity index (χ0v) is 14.3. The number of ether oxygens (including phenoxy) is 1. The van der Waals surface area contributed by atoms with Gasteiger partial charge < -0.3 is 15.4 Å². The fourth-order valence-electron chi connectivity index (χ4n) is 3.13. The van der Waals surface area contributed by atoms with Gasteiger partial charge in [-0.2, -0.15) is 4.98 Å². The van der Waals surface area contributed by atoms with E-state index in [0.29, 0.717) is 24.5 Å². The molecule has 2 N–H and O–H groups in total. The first-order valence-electron chi connectivity index (χ1n) is 8.55.